The summed E-state index contributed by atoms with van der Waals surface area (Å²) in [6, 6.07) is 0. The number of hydrogen-bond donors (Lipinski definition) is 3. The Hall–Kier alpha value is 2.06. The van der Waals surface area contributed by atoms with Crippen LogP contribution in [0.1, 0.15) is 0 Å². The van der Waals surface area contributed by atoms with Gasteiger partial charge in [-0.15, -0.1) is 0 Å². The van der Waals surface area contributed by atoms with Gasteiger partial charge in [-0.1, -0.05) is 0 Å². The second-order valence-corrected chi connectivity index (χ2v) is 1.54. The molecule has 0 saturated carbocycles. The van der Waals surface area contributed by atoms with Crippen molar-refractivity contribution in [1.29, 1.82) is 0 Å². The fourth-order valence-corrected chi connectivity index (χ4v) is 0. The van der Waals surface area contributed by atoms with Gasteiger partial charge >= 0.3 is 68.6 Å². The minimum atomic E-state index is -4.64. The average Bonchev–Trinajstić information content (AvgIpc) is 0.722. The van der Waals surface area contributed by atoms with Crippen LogP contribution in [0.4, 0.5) is 0 Å². The Morgan fingerprint density at radius 2 is 1.00 bits per heavy atom. The third-order valence-corrected chi connectivity index (χ3v) is 0. The molecule has 0 aromatic rings. The van der Waals surface area contributed by atoms with Gasteiger partial charge in [-0.2, -0.15) is 0 Å². The molecule has 6 nitrogen and oxygen atoms in total. The average molecular weight is 202 g/mol. The van der Waals surface area contributed by atoms with E-state index in [1.807, 2.05) is 0 Å². The van der Waals surface area contributed by atoms with Gasteiger partial charge in [-0.25, -0.2) is 4.57 Å². The molecule has 0 amide bonds. The maximum Gasteiger partial charge on any atom is 0.316 e. The molecule has 0 unspecified atom stereocenters. The SMILES string of the molecule is O.O.O=P(O)(O)O.[CaH2].[MgH2]. The molecular weight excluding hydrogens is 191 g/mol. The molecule has 0 aliphatic heterocycles. The molecule has 56 valence electrons. The van der Waals surface area contributed by atoms with Crippen molar-refractivity contribution >= 4 is 68.6 Å². The van der Waals surface area contributed by atoms with Crippen LogP contribution in [0.2, 0.25) is 0 Å². The van der Waals surface area contributed by atoms with Crippen LogP contribution in [0, 0.1) is 0 Å². The predicted octanol–water partition coefficient (Wildman–Crippen LogP) is -4.41. The smallest absolute Gasteiger partial charge is 0.316 e. The second-order valence-electron chi connectivity index (χ2n) is 0.513. The molecule has 0 radical (unpaired) electrons. The predicted molar refractivity (Wildman–Crippen MR) is 38.6 cm³/mol. The van der Waals surface area contributed by atoms with Crippen LogP contribution in [0.5, 0.6) is 0 Å². The minimum Gasteiger partial charge on any atom is 0.316 e. The van der Waals surface area contributed by atoms with E-state index in [1.165, 1.54) is 0 Å². The van der Waals surface area contributed by atoms with E-state index >= 15 is 0 Å². The summed E-state index contributed by atoms with van der Waals surface area (Å²) >= 11 is 0. The summed E-state index contributed by atoms with van der Waals surface area (Å²) in [5, 5.41) is 0. The molecule has 9 heavy (non-hydrogen) atoms. The Labute approximate surface area is 97.7 Å². The first-order chi connectivity index (χ1) is 2.00. The first-order valence-corrected chi connectivity index (χ1v) is 2.35. The van der Waals surface area contributed by atoms with Gasteiger partial charge in [-0.3, -0.25) is 0 Å². The maximum absolute atomic E-state index is 8.88. The summed E-state index contributed by atoms with van der Waals surface area (Å²) < 4.78 is 8.88. The van der Waals surface area contributed by atoms with Gasteiger partial charge in [0.25, 0.3) is 0 Å². The van der Waals surface area contributed by atoms with E-state index in [2.05, 4.69) is 0 Å². The molecule has 0 aliphatic rings. The van der Waals surface area contributed by atoms with E-state index in [0.29, 0.717) is 0 Å². The first kappa shape index (κ1) is 30.5. The molecule has 7 N–H and O–H groups in total. The van der Waals surface area contributed by atoms with E-state index < -0.39 is 7.82 Å². The molecule has 0 saturated heterocycles. The summed E-state index contributed by atoms with van der Waals surface area (Å²) in [4.78, 5) is 21.6. The van der Waals surface area contributed by atoms with Crippen LogP contribution in [-0.4, -0.2) is 86.4 Å². The van der Waals surface area contributed by atoms with Gasteiger partial charge in [0.05, 0.1) is 0 Å². The van der Waals surface area contributed by atoms with E-state index in [-0.39, 0.29) is 71.7 Å². The van der Waals surface area contributed by atoms with Crippen LogP contribution >= 0.6 is 7.82 Å². The van der Waals surface area contributed by atoms with Crippen molar-refractivity contribution < 1.29 is 30.2 Å². The van der Waals surface area contributed by atoms with Crippen LogP contribution in [0.15, 0.2) is 0 Å². The van der Waals surface area contributed by atoms with Crippen LogP contribution in [-0.2, 0) is 4.57 Å². The zero-order valence-corrected chi connectivity index (χ0v) is 4.09. The number of hydrogen-bond acceptors (Lipinski definition) is 1. The third kappa shape index (κ3) is 154. The van der Waals surface area contributed by atoms with Gasteiger partial charge in [0.15, 0.2) is 0 Å². The normalized spacial score (nSPS) is 6.56. The molecule has 0 heterocycles. The Balaban J connectivity index is -0.0000000133. The van der Waals surface area contributed by atoms with Gasteiger partial charge in [0, 0.05) is 0 Å². The van der Waals surface area contributed by atoms with E-state index in [1.54, 1.807) is 0 Å². The van der Waals surface area contributed by atoms with Crippen molar-refractivity contribution in [3.05, 3.63) is 0 Å². The van der Waals surface area contributed by atoms with Gasteiger partial charge in [-0.05, 0) is 0 Å². The maximum atomic E-state index is 8.88. The summed E-state index contributed by atoms with van der Waals surface area (Å²) in [7, 11) is -4.64. The zero-order valence-electron chi connectivity index (χ0n) is 3.20. The van der Waals surface area contributed by atoms with Gasteiger partial charge in [0.1, 0.15) is 0 Å². The molecule has 0 aromatic heterocycles. The Morgan fingerprint density at radius 3 is 1.00 bits per heavy atom. The Morgan fingerprint density at radius 1 is 1.00 bits per heavy atom. The molecule has 0 aliphatic carbocycles. The van der Waals surface area contributed by atoms with Crippen molar-refractivity contribution in [3.8, 4) is 0 Å². The van der Waals surface area contributed by atoms with Gasteiger partial charge < -0.3 is 25.6 Å². The number of rotatable bonds is 0. The second kappa shape index (κ2) is 12.7. The van der Waals surface area contributed by atoms with Crippen LogP contribution in [0.25, 0.3) is 0 Å². The summed E-state index contributed by atoms with van der Waals surface area (Å²) in [6.07, 6.45) is 0. The first-order valence-electron chi connectivity index (χ1n) is 0.783. The summed E-state index contributed by atoms with van der Waals surface area (Å²) in [6.45, 7) is 0. The molecular formula is H11CaMgO6P. The zero-order chi connectivity index (χ0) is 4.50. The summed E-state index contributed by atoms with van der Waals surface area (Å²) in [5.41, 5.74) is 0. The Kier molecular flexibility index (Phi) is 43.0. The fraction of sp³-hybridized carbons (Fsp3) is 0. The topological polar surface area (TPSA) is 141 Å². The van der Waals surface area contributed by atoms with Crippen molar-refractivity contribution in [2.24, 2.45) is 0 Å². The summed E-state index contributed by atoms with van der Waals surface area (Å²) in [5.74, 6) is 0. The van der Waals surface area contributed by atoms with E-state index in [9.17, 15) is 0 Å². The molecule has 0 spiro atoms. The van der Waals surface area contributed by atoms with Crippen molar-refractivity contribution in [2.45, 2.75) is 0 Å². The van der Waals surface area contributed by atoms with Crippen molar-refractivity contribution in [3.63, 3.8) is 0 Å². The van der Waals surface area contributed by atoms with Crippen molar-refractivity contribution in [1.82, 2.24) is 0 Å². The molecule has 0 rings (SSSR count). The quantitative estimate of drug-likeness (QED) is 0.269. The molecule has 0 aromatic carbocycles. The van der Waals surface area contributed by atoms with Gasteiger partial charge in [0.2, 0.25) is 0 Å². The number of phosphoric acid groups is 1. The van der Waals surface area contributed by atoms with Crippen molar-refractivity contribution in [2.75, 3.05) is 0 Å². The monoisotopic (exact) mass is 202 g/mol. The van der Waals surface area contributed by atoms with Crippen LogP contribution < -0.4 is 0 Å². The van der Waals surface area contributed by atoms with E-state index in [4.69, 9.17) is 19.2 Å². The Bertz CT molecular complexity index is 59.2. The largest absolute Gasteiger partial charge is 0.316 e. The minimum absolute atomic E-state index is 0. The fourth-order valence-electron chi connectivity index (χ4n) is 0. The standard InChI is InChI=1S/Ca.Mg.H3O4P.2H2O.4H/c;;1-5(2,3)4;;;;;;/h;;(H3,1,2,3,4);2*1H2;;;;. The van der Waals surface area contributed by atoms with E-state index in [0.717, 1.165) is 0 Å². The molecule has 9 heteroatoms. The molecule has 0 fully saturated rings. The molecule has 0 bridgehead atoms. The van der Waals surface area contributed by atoms with Crippen LogP contribution in [0.3, 0.4) is 0 Å². The molecule has 0 atom stereocenters. The third-order valence-electron chi connectivity index (χ3n) is 0.